The number of alkyl halides is 3. The molecule has 0 aromatic heterocycles. The third kappa shape index (κ3) is 3.26. The van der Waals surface area contributed by atoms with E-state index in [-0.39, 0.29) is 40.4 Å². The second kappa shape index (κ2) is 6.12. The van der Waals surface area contributed by atoms with Crippen LogP contribution in [0.5, 0.6) is 5.75 Å². The number of fused-ring (bicyclic) bond motifs is 1. The summed E-state index contributed by atoms with van der Waals surface area (Å²) in [5.41, 5.74) is 0.574. The standard InChI is InChI=1S/C21H23F3N2O3/c22-21(23,24)29-16-3-1-2-14(8-16)20-6-7-26(12-15(20)11-20)18(28)13-9-19(10-13)5-4-17(27)25-19/h1-3,8,13,15H,4-7,9-12H2,(H,25,27)/t13-,15?,19+,20-/m0/s1. The van der Waals surface area contributed by atoms with Gasteiger partial charge in [-0.05, 0) is 55.7 Å². The van der Waals surface area contributed by atoms with Crippen molar-refractivity contribution in [3.8, 4) is 5.75 Å². The average molecular weight is 408 g/mol. The summed E-state index contributed by atoms with van der Waals surface area (Å²) < 4.78 is 41.6. The van der Waals surface area contributed by atoms with E-state index in [1.807, 2.05) is 11.0 Å². The minimum Gasteiger partial charge on any atom is -0.406 e. The van der Waals surface area contributed by atoms with E-state index < -0.39 is 6.36 Å². The maximum Gasteiger partial charge on any atom is 0.573 e. The summed E-state index contributed by atoms with van der Waals surface area (Å²) in [6, 6.07) is 6.27. The molecule has 4 aliphatic rings. The molecule has 1 unspecified atom stereocenters. The summed E-state index contributed by atoms with van der Waals surface area (Å²) in [5, 5.41) is 3.02. The Bertz CT molecular complexity index is 865. The topological polar surface area (TPSA) is 58.6 Å². The summed E-state index contributed by atoms with van der Waals surface area (Å²) in [6.07, 6.45) is -0.246. The third-order valence-corrected chi connectivity index (χ3v) is 7.31. The maximum atomic E-state index is 12.9. The molecule has 2 saturated heterocycles. The molecule has 1 N–H and O–H groups in total. The number of rotatable bonds is 3. The first kappa shape index (κ1) is 18.8. The van der Waals surface area contributed by atoms with Crippen LogP contribution >= 0.6 is 0 Å². The van der Waals surface area contributed by atoms with Crippen molar-refractivity contribution < 1.29 is 27.5 Å². The number of likely N-dealkylation sites (tertiary alicyclic amines) is 1. The highest BCUT2D eigenvalue weighted by atomic mass is 19.4. The van der Waals surface area contributed by atoms with Gasteiger partial charge >= 0.3 is 6.36 Å². The molecule has 2 aliphatic carbocycles. The minimum atomic E-state index is -4.70. The number of amides is 2. The van der Waals surface area contributed by atoms with Gasteiger partial charge in [-0.25, -0.2) is 0 Å². The second-order valence-corrected chi connectivity index (χ2v) is 9.10. The number of hydrogen-bond donors (Lipinski definition) is 1. The van der Waals surface area contributed by atoms with Crippen molar-refractivity contribution in [1.82, 2.24) is 10.2 Å². The van der Waals surface area contributed by atoms with Crippen LogP contribution in [-0.2, 0) is 15.0 Å². The molecule has 29 heavy (non-hydrogen) atoms. The average Bonchev–Trinajstić information content (AvgIpc) is 3.24. The van der Waals surface area contributed by atoms with E-state index >= 15 is 0 Å². The number of hydrogen-bond acceptors (Lipinski definition) is 3. The Labute approximate surface area is 166 Å². The van der Waals surface area contributed by atoms with Gasteiger partial charge in [-0.3, -0.25) is 9.59 Å². The molecule has 2 aliphatic heterocycles. The number of benzene rings is 1. The first-order valence-corrected chi connectivity index (χ1v) is 10.1. The lowest BCUT2D eigenvalue weighted by molar-refractivity contribution is -0.274. The molecule has 4 fully saturated rings. The van der Waals surface area contributed by atoms with Crippen LogP contribution in [-0.4, -0.2) is 41.7 Å². The van der Waals surface area contributed by atoms with E-state index in [0.29, 0.717) is 19.5 Å². The Morgan fingerprint density at radius 1 is 1.21 bits per heavy atom. The zero-order valence-electron chi connectivity index (χ0n) is 15.9. The fourth-order valence-corrected chi connectivity index (χ4v) is 5.72. The van der Waals surface area contributed by atoms with Crippen molar-refractivity contribution in [3.05, 3.63) is 29.8 Å². The number of nitrogens with one attached hydrogen (secondary N) is 1. The SMILES string of the molecule is O=C1CC[C@]2(C[C@H](C(=O)N3CC[C@@]4(c5cccc(OC(F)(F)F)c5)CC4C3)C2)N1. The summed E-state index contributed by atoms with van der Waals surface area (Å²) in [5.74, 6) is 0.302. The van der Waals surface area contributed by atoms with Gasteiger partial charge < -0.3 is 15.0 Å². The zero-order valence-corrected chi connectivity index (χ0v) is 15.9. The Morgan fingerprint density at radius 3 is 2.66 bits per heavy atom. The van der Waals surface area contributed by atoms with Gasteiger partial charge in [0, 0.05) is 36.4 Å². The van der Waals surface area contributed by atoms with Crippen molar-refractivity contribution in [1.29, 1.82) is 0 Å². The van der Waals surface area contributed by atoms with Crippen LogP contribution in [0.1, 0.15) is 44.1 Å². The van der Waals surface area contributed by atoms with Gasteiger partial charge in [0.2, 0.25) is 11.8 Å². The number of carbonyl (C=O) groups is 2. The molecule has 2 amide bonds. The van der Waals surface area contributed by atoms with Crippen LogP contribution in [0.25, 0.3) is 0 Å². The second-order valence-electron chi connectivity index (χ2n) is 9.10. The number of piperidine rings is 1. The highest BCUT2D eigenvalue weighted by Gasteiger charge is 2.59. The minimum absolute atomic E-state index is 0.0248. The zero-order chi connectivity index (χ0) is 20.4. The Kier molecular flexibility index (Phi) is 3.96. The summed E-state index contributed by atoms with van der Waals surface area (Å²) >= 11 is 0. The molecule has 0 bridgehead atoms. The van der Waals surface area contributed by atoms with E-state index in [2.05, 4.69) is 10.1 Å². The predicted molar refractivity (Wildman–Crippen MR) is 96.9 cm³/mol. The van der Waals surface area contributed by atoms with Crippen molar-refractivity contribution in [2.24, 2.45) is 11.8 Å². The van der Waals surface area contributed by atoms with Crippen LogP contribution in [0.2, 0.25) is 0 Å². The van der Waals surface area contributed by atoms with Crippen LogP contribution in [0.3, 0.4) is 0 Å². The van der Waals surface area contributed by atoms with Crippen molar-refractivity contribution in [2.75, 3.05) is 13.1 Å². The lowest BCUT2D eigenvalue weighted by atomic mass is 9.67. The monoisotopic (exact) mass is 408 g/mol. The molecule has 2 heterocycles. The molecule has 5 nitrogen and oxygen atoms in total. The quantitative estimate of drug-likeness (QED) is 0.836. The molecule has 1 spiro atoms. The van der Waals surface area contributed by atoms with Crippen LogP contribution < -0.4 is 10.1 Å². The van der Waals surface area contributed by atoms with E-state index in [4.69, 9.17) is 0 Å². The molecule has 5 rings (SSSR count). The number of halogens is 3. The highest BCUT2D eigenvalue weighted by Crippen LogP contribution is 2.60. The molecule has 8 heteroatoms. The largest absolute Gasteiger partial charge is 0.573 e. The van der Waals surface area contributed by atoms with Crippen LogP contribution in [0.15, 0.2) is 24.3 Å². The molecular formula is C21H23F3N2O3. The first-order chi connectivity index (χ1) is 13.7. The smallest absolute Gasteiger partial charge is 0.406 e. The molecule has 156 valence electrons. The molecule has 2 atom stereocenters. The Hall–Kier alpha value is -2.25. The van der Waals surface area contributed by atoms with Crippen molar-refractivity contribution in [3.63, 3.8) is 0 Å². The lowest BCUT2D eigenvalue weighted by Gasteiger charge is -2.46. The fraction of sp³-hybridized carbons (Fsp3) is 0.619. The first-order valence-electron chi connectivity index (χ1n) is 10.1. The van der Waals surface area contributed by atoms with Gasteiger partial charge in [0.1, 0.15) is 5.75 Å². The van der Waals surface area contributed by atoms with Gasteiger partial charge in [0.25, 0.3) is 0 Å². The van der Waals surface area contributed by atoms with Crippen molar-refractivity contribution in [2.45, 2.75) is 55.8 Å². The number of carbonyl (C=O) groups excluding carboxylic acids is 2. The molecule has 2 saturated carbocycles. The maximum absolute atomic E-state index is 12.9. The predicted octanol–water partition coefficient (Wildman–Crippen LogP) is 3.13. The fourth-order valence-electron chi connectivity index (χ4n) is 5.72. The van der Waals surface area contributed by atoms with E-state index in [9.17, 15) is 22.8 Å². The summed E-state index contributed by atoms with van der Waals surface area (Å²) in [6.45, 7) is 1.27. The summed E-state index contributed by atoms with van der Waals surface area (Å²) in [4.78, 5) is 26.3. The van der Waals surface area contributed by atoms with E-state index in [1.165, 1.54) is 12.1 Å². The summed E-state index contributed by atoms with van der Waals surface area (Å²) in [7, 11) is 0. The molecule has 0 radical (unpaired) electrons. The van der Waals surface area contributed by atoms with Gasteiger partial charge in [-0.1, -0.05) is 12.1 Å². The van der Waals surface area contributed by atoms with Gasteiger partial charge in [-0.15, -0.1) is 13.2 Å². The van der Waals surface area contributed by atoms with Crippen molar-refractivity contribution >= 4 is 11.8 Å². The Morgan fingerprint density at radius 2 is 2.00 bits per heavy atom. The van der Waals surface area contributed by atoms with Gasteiger partial charge in [0.15, 0.2) is 0 Å². The van der Waals surface area contributed by atoms with Crippen LogP contribution in [0.4, 0.5) is 13.2 Å². The van der Waals surface area contributed by atoms with E-state index in [1.54, 1.807) is 6.07 Å². The lowest BCUT2D eigenvalue weighted by Crippen LogP contribution is -2.57. The highest BCUT2D eigenvalue weighted by molar-refractivity contribution is 5.84. The van der Waals surface area contributed by atoms with E-state index in [0.717, 1.165) is 37.7 Å². The van der Waals surface area contributed by atoms with Crippen LogP contribution in [0, 0.1) is 11.8 Å². The molecule has 1 aromatic carbocycles. The molecular weight excluding hydrogens is 385 g/mol. The van der Waals surface area contributed by atoms with Gasteiger partial charge in [0.05, 0.1) is 0 Å². The number of nitrogens with zero attached hydrogens (tertiary/aromatic N) is 1. The third-order valence-electron chi connectivity index (χ3n) is 7.31. The normalized spacial score (nSPS) is 35.7. The Balaban J connectivity index is 1.21. The number of ether oxygens (including phenoxy) is 1. The van der Waals surface area contributed by atoms with Gasteiger partial charge in [-0.2, -0.15) is 0 Å². The molecule has 1 aromatic rings.